The summed E-state index contributed by atoms with van der Waals surface area (Å²) in [5.41, 5.74) is 4.84. The summed E-state index contributed by atoms with van der Waals surface area (Å²) in [6, 6.07) is 14.7. The summed E-state index contributed by atoms with van der Waals surface area (Å²) < 4.78 is 5.97. The van der Waals surface area contributed by atoms with Gasteiger partial charge in [0.1, 0.15) is 5.75 Å². The van der Waals surface area contributed by atoms with Crippen molar-refractivity contribution in [3.63, 3.8) is 0 Å². The molecule has 0 saturated carbocycles. The van der Waals surface area contributed by atoms with E-state index in [-0.39, 0.29) is 5.91 Å². The van der Waals surface area contributed by atoms with E-state index < -0.39 is 6.10 Å². The van der Waals surface area contributed by atoms with E-state index in [1.165, 1.54) is 11.1 Å². The van der Waals surface area contributed by atoms with Crippen molar-refractivity contribution < 1.29 is 9.53 Å². The van der Waals surface area contributed by atoms with Gasteiger partial charge in [0.15, 0.2) is 6.10 Å². The lowest BCUT2D eigenvalue weighted by atomic mass is 10.0. The van der Waals surface area contributed by atoms with Crippen LogP contribution in [0.4, 0.5) is 0 Å². The van der Waals surface area contributed by atoms with Gasteiger partial charge in [-0.15, -0.1) is 0 Å². The molecule has 0 aromatic heterocycles. The van der Waals surface area contributed by atoms with E-state index in [0.29, 0.717) is 12.5 Å². The minimum atomic E-state index is -0.506. The number of amides is 1. The number of rotatable bonds is 8. The summed E-state index contributed by atoms with van der Waals surface area (Å²) in [7, 11) is 0. The maximum Gasteiger partial charge on any atom is 0.260 e. The number of nitrogens with one attached hydrogen (secondary N) is 1. The van der Waals surface area contributed by atoms with Gasteiger partial charge in [-0.1, -0.05) is 55.8 Å². The number of aryl methyl sites for hydroxylation is 3. The molecule has 140 valence electrons. The quantitative estimate of drug-likeness (QED) is 0.682. The molecule has 0 aliphatic rings. The van der Waals surface area contributed by atoms with E-state index >= 15 is 0 Å². The van der Waals surface area contributed by atoms with Gasteiger partial charge in [-0.3, -0.25) is 4.79 Å². The second-order valence-corrected chi connectivity index (χ2v) is 7.34. The molecule has 0 radical (unpaired) electrons. The van der Waals surface area contributed by atoms with Crippen LogP contribution < -0.4 is 10.1 Å². The van der Waals surface area contributed by atoms with Gasteiger partial charge in [0.2, 0.25) is 0 Å². The molecule has 0 spiro atoms. The third-order valence-corrected chi connectivity index (χ3v) is 4.53. The van der Waals surface area contributed by atoms with Gasteiger partial charge in [0, 0.05) is 6.54 Å². The number of ether oxygens (including phenoxy) is 1. The van der Waals surface area contributed by atoms with E-state index in [9.17, 15) is 4.79 Å². The number of benzene rings is 2. The van der Waals surface area contributed by atoms with Crippen molar-refractivity contribution in [1.82, 2.24) is 5.32 Å². The molecule has 2 aromatic rings. The van der Waals surface area contributed by atoms with Crippen LogP contribution >= 0.6 is 0 Å². The summed E-state index contributed by atoms with van der Waals surface area (Å²) in [6.07, 6.45) is 1.38. The standard InChI is InChI=1S/C23H31NO2/c1-16(2)21-13-10-18(4)15-22(21)26-19(5)23(25)24-14-6-7-20-11-8-17(3)9-12-20/h8-13,15-16,19H,6-7,14H2,1-5H3,(H,24,25)/t19-/m0/s1. The monoisotopic (exact) mass is 353 g/mol. The highest BCUT2D eigenvalue weighted by atomic mass is 16.5. The zero-order chi connectivity index (χ0) is 19.1. The van der Waals surface area contributed by atoms with Crippen molar-refractivity contribution in [2.45, 2.75) is 59.5 Å². The van der Waals surface area contributed by atoms with Crippen LogP contribution in [0.3, 0.4) is 0 Å². The summed E-state index contributed by atoms with van der Waals surface area (Å²) in [5, 5.41) is 2.98. The highest BCUT2D eigenvalue weighted by molar-refractivity contribution is 5.80. The average Bonchev–Trinajstić information content (AvgIpc) is 2.59. The Bertz CT molecular complexity index is 719. The van der Waals surface area contributed by atoms with Crippen molar-refractivity contribution in [2.75, 3.05) is 6.54 Å². The van der Waals surface area contributed by atoms with Crippen LogP contribution in [0.2, 0.25) is 0 Å². The minimum absolute atomic E-state index is 0.0647. The molecule has 3 nitrogen and oxygen atoms in total. The molecule has 0 aliphatic carbocycles. The van der Waals surface area contributed by atoms with E-state index in [1.54, 1.807) is 0 Å². The maximum absolute atomic E-state index is 12.3. The van der Waals surface area contributed by atoms with Gasteiger partial charge in [0.25, 0.3) is 5.91 Å². The van der Waals surface area contributed by atoms with E-state index in [0.717, 1.165) is 29.7 Å². The van der Waals surface area contributed by atoms with Gasteiger partial charge in [-0.25, -0.2) is 0 Å². The first-order valence-corrected chi connectivity index (χ1v) is 9.47. The Hall–Kier alpha value is -2.29. The number of hydrogen-bond acceptors (Lipinski definition) is 2. The smallest absolute Gasteiger partial charge is 0.260 e. The molecule has 0 unspecified atom stereocenters. The summed E-state index contributed by atoms with van der Waals surface area (Å²) in [4.78, 5) is 12.3. The number of carbonyl (C=O) groups is 1. The van der Waals surface area contributed by atoms with Gasteiger partial charge in [-0.05, 0) is 62.3 Å². The van der Waals surface area contributed by atoms with Crippen LogP contribution in [0.5, 0.6) is 5.75 Å². The molecule has 2 aromatic carbocycles. The van der Waals surface area contributed by atoms with E-state index in [2.05, 4.69) is 62.5 Å². The maximum atomic E-state index is 12.3. The first-order valence-electron chi connectivity index (χ1n) is 9.47. The molecule has 2 rings (SSSR count). The number of carbonyl (C=O) groups excluding carboxylic acids is 1. The molecule has 0 fully saturated rings. The fourth-order valence-electron chi connectivity index (χ4n) is 2.87. The van der Waals surface area contributed by atoms with Crippen LogP contribution in [0, 0.1) is 13.8 Å². The lowest BCUT2D eigenvalue weighted by Gasteiger charge is -2.19. The van der Waals surface area contributed by atoms with Crippen LogP contribution in [0.15, 0.2) is 42.5 Å². The van der Waals surface area contributed by atoms with Gasteiger partial charge in [-0.2, -0.15) is 0 Å². The van der Waals surface area contributed by atoms with Gasteiger partial charge >= 0.3 is 0 Å². The lowest BCUT2D eigenvalue weighted by Crippen LogP contribution is -2.37. The molecular formula is C23H31NO2. The normalized spacial score (nSPS) is 12.1. The highest BCUT2D eigenvalue weighted by Crippen LogP contribution is 2.28. The second kappa shape index (κ2) is 9.42. The Kier molecular flexibility index (Phi) is 7.26. The summed E-state index contributed by atoms with van der Waals surface area (Å²) >= 11 is 0. The van der Waals surface area contributed by atoms with E-state index in [4.69, 9.17) is 4.74 Å². The second-order valence-electron chi connectivity index (χ2n) is 7.34. The van der Waals surface area contributed by atoms with Crippen LogP contribution in [-0.4, -0.2) is 18.6 Å². The van der Waals surface area contributed by atoms with Crippen LogP contribution in [0.1, 0.15) is 55.4 Å². The predicted octanol–water partition coefficient (Wildman–Crippen LogP) is 4.94. The molecule has 1 amide bonds. The number of hydrogen-bond donors (Lipinski definition) is 1. The Labute approximate surface area is 157 Å². The predicted molar refractivity (Wildman–Crippen MR) is 108 cm³/mol. The van der Waals surface area contributed by atoms with Crippen molar-refractivity contribution in [2.24, 2.45) is 0 Å². The van der Waals surface area contributed by atoms with E-state index in [1.807, 2.05) is 19.9 Å². The van der Waals surface area contributed by atoms with Crippen molar-refractivity contribution >= 4 is 5.91 Å². The molecular weight excluding hydrogens is 322 g/mol. The molecule has 3 heteroatoms. The molecule has 0 heterocycles. The Morgan fingerprint density at radius 3 is 2.31 bits per heavy atom. The molecule has 0 aliphatic heterocycles. The summed E-state index contributed by atoms with van der Waals surface area (Å²) in [5.74, 6) is 1.10. The topological polar surface area (TPSA) is 38.3 Å². The molecule has 1 atom stereocenters. The third-order valence-electron chi connectivity index (χ3n) is 4.53. The average molecular weight is 354 g/mol. The third kappa shape index (κ3) is 5.91. The Morgan fingerprint density at radius 2 is 1.65 bits per heavy atom. The molecule has 0 bridgehead atoms. The Morgan fingerprint density at radius 1 is 1.00 bits per heavy atom. The molecule has 1 N–H and O–H groups in total. The van der Waals surface area contributed by atoms with Crippen LogP contribution in [-0.2, 0) is 11.2 Å². The molecule has 0 saturated heterocycles. The van der Waals surface area contributed by atoms with Gasteiger partial charge in [0.05, 0.1) is 0 Å². The Balaban J connectivity index is 1.82. The zero-order valence-electron chi connectivity index (χ0n) is 16.6. The fourth-order valence-corrected chi connectivity index (χ4v) is 2.87. The minimum Gasteiger partial charge on any atom is -0.481 e. The first-order chi connectivity index (χ1) is 12.4. The van der Waals surface area contributed by atoms with Crippen molar-refractivity contribution in [3.05, 3.63) is 64.7 Å². The van der Waals surface area contributed by atoms with Crippen LogP contribution in [0.25, 0.3) is 0 Å². The van der Waals surface area contributed by atoms with Gasteiger partial charge < -0.3 is 10.1 Å². The zero-order valence-corrected chi connectivity index (χ0v) is 16.6. The summed E-state index contributed by atoms with van der Waals surface area (Å²) in [6.45, 7) is 10.9. The largest absolute Gasteiger partial charge is 0.481 e. The SMILES string of the molecule is Cc1ccc(CCCNC(=O)[C@H](C)Oc2cc(C)ccc2C(C)C)cc1. The highest BCUT2D eigenvalue weighted by Gasteiger charge is 2.17. The van der Waals surface area contributed by atoms with Crippen molar-refractivity contribution in [3.8, 4) is 5.75 Å². The first kappa shape index (κ1) is 20.0. The lowest BCUT2D eigenvalue weighted by molar-refractivity contribution is -0.127. The van der Waals surface area contributed by atoms with Crippen molar-refractivity contribution in [1.29, 1.82) is 0 Å². The molecule has 26 heavy (non-hydrogen) atoms. The fraction of sp³-hybridized carbons (Fsp3) is 0.435.